The van der Waals surface area contributed by atoms with E-state index in [0.29, 0.717) is 6.04 Å². The lowest BCUT2D eigenvalue weighted by Crippen LogP contribution is -2.39. The van der Waals surface area contributed by atoms with Gasteiger partial charge in [-0.05, 0) is 50.9 Å². The van der Waals surface area contributed by atoms with Crippen LogP contribution in [0.1, 0.15) is 31.4 Å². The van der Waals surface area contributed by atoms with Gasteiger partial charge in [-0.2, -0.15) is 5.10 Å². The Morgan fingerprint density at radius 2 is 1.90 bits per heavy atom. The van der Waals surface area contributed by atoms with E-state index < -0.39 is 5.60 Å². The fraction of sp³-hybridized carbons (Fsp3) is 0.438. The van der Waals surface area contributed by atoms with Crippen molar-refractivity contribution in [3.8, 4) is 5.69 Å². The van der Waals surface area contributed by atoms with Crippen molar-refractivity contribution in [3.63, 3.8) is 0 Å². The van der Waals surface area contributed by atoms with E-state index in [-0.39, 0.29) is 0 Å². The molecule has 4 heteroatoms. The number of para-hydroxylation sites is 1. The molecule has 1 aliphatic carbocycles. The largest absolute Gasteiger partial charge is 0.384 e. The van der Waals surface area contributed by atoms with Crippen LogP contribution in [0.15, 0.2) is 42.6 Å². The van der Waals surface area contributed by atoms with E-state index in [4.69, 9.17) is 0 Å². The highest BCUT2D eigenvalue weighted by Crippen LogP contribution is 2.37. The van der Waals surface area contributed by atoms with Crippen molar-refractivity contribution in [2.75, 3.05) is 7.05 Å². The Bertz CT molecular complexity index is 556. The number of aromatic nitrogens is 2. The van der Waals surface area contributed by atoms with Gasteiger partial charge >= 0.3 is 0 Å². The summed E-state index contributed by atoms with van der Waals surface area (Å²) in [5, 5.41) is 18.7. The van der Waals surface area contributed by atoms with Gasteiger partial charge in [0.2, 0.25) is 0 Å². The average Bonchev–Trinajstić information content (AvgIpc) is 2.99. The van der Waals surface area contributed by atoms with Crippen molar-refractivity contribution in [3.05, 3.63) is 48.3 Å². The van der Waals surface area contributed by atoms with Gasteiger partial charge < -0.3 is 10.4 Å². The van der Waals surface area contributed by atoms with E-state index in [1.165, 1.54) is 0 Å². The molecule has 0 aliphatic heterocycles. The van der Waals surface area contributed by atoms with Crippen molar-refractivity contribution in [1.29, 1.82) is 0 Å². The molecule has 1 aromatic heterocycles. The van der Waals surface area contributed by atoms with E-state index in [0.717, 1.165) is 37.1 Å². The number of benzene rings is 1. The Balaban J connectivity index is 1.90. The van der Waals surface area contributed by atoms with Crippen LogP contribution in [-0.2, 0) is 5.60 Å². The zero-order chi connectivity index (χ0) is 14.0. The maximum Gasteiger partial charge on any atom is 0.107 e. The third kappa shape index (κ3) is 2.37. The predicted molar refractivity (Wildman–Crippen MR) is 78.8 cm³/mol. The highest BCUT2D eigenvalue weighted by Gasteiger charge is 2.37. The zero-order valence-electron chi connectivity index (χ0n) is 11.8. The Morgan fingerprint density at radius 1 is 1.20 bits per heavy atom. The Labute approximate surface area is 119 Å². The lowest BCUT2D eigenvalue weighted by atomic mass is 9.80. The summed E-state index contributed by atoms with van der Waals surface area (Å²) >= 11 is 0. The SMILES string of the molecule is CNC1CCC(O)(c2ccnn2-c2ccccc2)CC1. The number of aliphatic hydroxyl groups is 1. The minimum atomic E-state index is -0.764. The summed E-state index contributed by atoms with van der Waals surface area (Å²) in [6.07, 6.45) is 5.30. The molecule has 1 saturated carbocycles. The number of nitrogens with one attached hydrogen (secondary N) is 1. The zero-order valence-corrected chi connectivity index (χ0v) is 11.8. The maximum atomic E-state index is 11.0. The van der Waals surface area contributed by atoms with E-state index in [1.807, 2.05) is 48.1 Å². The highest BCUT2D eigenvalue weighted by atomic mass is 16.3. The smallest absolute Gasteiger partial charge is 0.107 e. The number of hydrogen-bond donors (Lipinski definition) is 2. The molecular weight excluding hydrogens is 250 g/mol. The summed E-state index contributed by atoms with van der Waals surface area (Å²) in [5.41, 5.74) is 1.13. The van der Waals surface area contributed by atoms with Gasteiger partial charge in [0.15, 0.2) is 0 Å². The number of hydrogen-bond acceptors (Lipinski definition) is 3. The molecule has 0 saturated heterocycles. The van der Waals surface area contributed by atoms with Gasteiger partial charge in [0.1, 0.15) is 5.60 Å². The van der Waals surface area contributed by atoms with Crippen LogP contribution in [0.2, 0.25) is 0 Å². The number of nitrogens with zero attached hydrogens (tertiary/aromatic N) is 2. The second-order valence-electron chi connectivity index (χ2n) is 5.56. The first-order valence-electron chi connectivity index (χ1n) is 7.22. The summed E-state index contributed by atoms with van der Waals surface area (Å²) in [4.78, 5) is 0. The molecule has 20 heavy (non-hydrogen) atoms. The van der Waals surface area contributed by atoms with Crippen LogP contribution in [0, 0.1) is 0 Å². The molecule has 0 bridgehead atoms. The summed E-state index contributed by atoms with van der Waals surface area (Å²) in [5.74, 6) is 0. The summed E-state index contributed by atoms with van der Waals surface area (Å²) in [6.45, 7) is 0. The molecule has 0 atom stereocenters. The number of rotatable bonds is 3. The fourth-order valence-corrected chi connectivity index (χ4v) is 3.07. The molecule has 1 aromatic carbocycles. The van der Waals surface area contributed by atoms with E-state index in [9.17, 15) is 5.11 Å². The molecule has 0 unspecified atom stereocenters. The van der Waals surface area contributed by atoms with Gasteiger partial charge in [-0.1, -0.05) is 18.2 Å². The van der Waals surface area contributed by atoms with Gasteiger partial charge in [-0.3, -0.25) is 0 Å². The second-order valence-corrected chi connectivity index (χ2v) is 5.56. The van der Waals surface area contributed by atoms with Crippen LogP contribution in [0.3, 0.4) is 0 Å². The average molecular weight is 271 g/mol. The molecule has 1 aliphatic rings. The Hall–Kier alpha value is -1.65. The second kappa shape index (κ2) is 5.38. The molecule has 2 aromatic rings. The Kier molecular flexibility index (Phi) is 3.59. The van der Waals surface area contributed by atoms with Gasteiger partial charge in [-0.25, -0.2) is 4.68 Å². The van der Waals surface area contributed by atoms with E-state index in [2.05, 4.69) is 10.4 Å². The van der Waals surface area contributed by atoms with Crippen LogP contribution in [0.4, 0.5) is 0 Å². The molecule has 4 nitrogen and oxygen atoms in total. The topological polar surface area (TPSA) is 50.1 Å². The molecule has 1 fully saturated rings. The first kappa shape index (κ1) is 13.3. The molecule has 3 rings (SSSR count). The van der Waals surface area contributed by atoms with Crippen LogP contribution < -0.4 is 5.32 Å². The molecule has 1 heterocycles. The van der Waals surface area contributed by atoms with Crippen LogP contribution in [0.25, 0.3) is 5.69 Å². The first-order chi connectivity index (χ1) is 9.73. The van der Waals surface area contributed by atoms with E-state index in [1.54, 1.807) is 6.20 Å². The van der Waals surface area contributed by atoms with Crippen molar-refractivity contribution in [1.82, 2.24) is 15.1 Å². The third-order valence-corrected chi connectivity index (χ3v) is 4.34. The van der Waals surface area contributed by atoms with Crippen molar-refractivity contribution in [2.24, 2.45) is 0 Å². The standard InChI is InChI=1S/C16H21N3O/c1-17-13-7-10-16(20,11-8-13)15-9-12-18-19(15)14-5-3-2-4-6-14/h2-6,9,12-13,17,20H,7-8,10-11H2,1H3. The molecular formula is C16H21N3O. The van der Waals surface area contributed by atoms with Gasteiger partial charge in [0, 0.05) is 12.2 Å². The molecule has 106 valence electrons. The molecule has 0 spiro atoms. The lowest BCUT2D eigenvalue weighted by Gasteiger charge is -2.36. The summed E-state index contributed by atoms with van der Waals surface area (Å²) in [6, 6.07) is 12.4. The monoisotopic (exact) mass is 271 g/mol. The van der Waals surface area contributed by atoms with Gasteiger partial charge in [0.05, 0.1) is 11.4 Å². The normalized spacial score (nSPS) is 26.6. The predicted octanol–water partition coefficient (Wildman–Crippen LogP) is 2.22. The minimum absolute atomic E-state index is 0.517. The summed E-state index contributed by atoms with van der Waals surface area (Å²) in [7, 11) is 1.99. The van der Waals surface area contributed by atoms with Crippen molar-refractivity contribution >= 4 is 0 Å². The lowest BCUT2D eigenvalue weighted by molar-refractivity contribution is -0.0135. The van der Waals surface area contributed by atoms with Gasteiger partial charge in [-0.15, -0.1) is 0 Å². The van der Waals surface area contributed by atoms with Gasteiger partial charge in [0.25, 0.3) is 0 Å². The van der Waals surface area contributed by atoms with Crippen LogP contribution >= 0.6 is 0 Å². The molecule has 2 N–H and O–H groups in total. The quantitative estimate of drug-likeness (QED) is 0.900. The fourth-order valence-electron chi connectivity index (χ4n) is 3.07. The molecule has 0 radical (unpaired) electrons. The maximum absolute atomic E-state index is 11.0. The summed E-state index contributed by atoms with van der Waals surface area (Å²) < 4.78 is 1.86. The van der Waals surface area contributed by atoms with E-state index >= 15 is 0 Å². The Morgan fingerprint density at radius 3 is 2.55 bits per heavy atom. The van der Waals surface area contributed by atoms with Crippen molar-refractivity contribution < 1.29 is 5.11 Å². The van der Waals surface area contributed by atoms with Crippen molar-refractivity contribution in [2.45, 2.75) is 37.3 Å². The highest BCUT2D eigenvalue weighted by molar-refractivity contribution is 5.34. The minimum Gasteiger partial charge on any atom is -0.384 e. The third-order valence-electron chi connectivity index (χ3n) is 4.34. The molecule has 0 amide bonds. The van der Waals surface area contributed by atoms with Crippen LogP contribution in [-0.4, -0.2) is 28.0 Å². The van der Waals surface area contributed by atoms with Crippen LogP contribution in [0.5, 0.6) is 0 Å². The first-order valence-corrected chi connectivity index (χ1v) is 7.22.